The summed E-state index contributed by atoms with van der Waals surface area (Å²) in [5, 5.41) is 10.9. The van der Waals surface area contributed by atoms with Gasteiger partial charge < -0.3 is 15.5 Å². The van der Waals surface area contributed by atoms with Crippen LogP contribution in [0.3, 0.4) is 0 Å². The van der Waals surface area contributed by atoms with E-state index in [9.17, 15) is 4.79 Å². The molecule has 0 atom stereocenters. The molecule has 1 amide bonds. The van der Waals surface area contributed by atoms with Gasteiger partial charge in [-0.2, -0.15) is 9.61 Å². The lowest BCUT2D eigenvalue weighted by atomic mass is 10.1. The molecule has 0 saturated carbocycles. The number of anilines is 1. The maximum Gasteiger partial charge on any atom is 0.251 e. The van der Waals surface area contributed by atoms with Crippen LogP contribution in [0.1, 0.15) is 16.1 Å². The molecule has 4 rings (SSSR count). The number of aromatic nitrogens is 4. The molecule has 2 N–H and O–H groups in total. The molecule has 3 heterocycles. The number of nitrogens with one attached hydrogen (secondary N) is 2. The van der Waals surface area contributed by atoms with Gasteiger partial charge >= 0.3 is 0 Å². The molecule has 8 nitrogen and oxygen atoms in total. The first-order valence-corrected chi connectivity index (χ1v) is 10.6. The van der Waals surface area contributed by atoms with Crippen LogP contribution in [0.15, 0.2) is 67.1 Å². The highest BCUT2D eigenvalue weighted by Gasteiger charge is 2.12. The van der Waals surface area contributed by atoms with Gasteiger partial charge in [-0.3, -0.25) is 9.78 Å². The zero-order valence-corrected chi connectivity index (χ0v) is 18.3. The zero-order chi connectivity index (χ0) is 22.3. The highest BCUT2D eigenvalue weighted by atomic mass is 16.1. The third kappa shape index (κ3) is 5.09. The van der Waals surface area contributed by atoms with Gasteiger partial charge in [-0.1, -0.05) is 18.2 Å². The Morgan fingerprint density at radius 3 is 2.59 bits per heavy atom. The summed E-state index contributed by atoms with van der Waals surface area (Å²) in [4.78, 5) is 23.2. The average molecular weight is 430 g/mol. The topological polar surface area (TPSA) is 87.5 Å². The van der Waals surface area contributed by atoms with Crippen LogP contribution in [0.2, 0.25) is 0 Å². The molecule has 0 bridgehead atoms. The smallest absolute Gasteiger partial charge is 0.251 e. The molecule has 3 aromatic heterocycles. The summed E-state index contributed by atoms with van der Waals surface area (Å²) in [6, 6.07) is 15.4. The Labute approximate surface area is 187 Å². The Morgan fingerprint density at radius 1 is 1.00 bits per heavy atom. The van der Waals surface area contributed by atoms with Crippen molar-refractivity contribution in [3.05, 3.63) is 78.4 Å². The van der Waals surface area contributed by atoms with E-state index in [0.29, 0.717) is 12.1 Å². The molecule has 8 heteroatoms. The molecule has 1 aromatic carbocycles. The van der Waals surface area contributed by atoms with Gasteiger partial charge in [-0.25, -0.2) is 4.98 Å². The van der Waals surface area contributed by atoms with E-state index in [0.717, 1.165) is 47.8 Å². The quantitative estimate of drug-likeness (QED) is 0.425. The largest absolute Gasteiger partial charge is 0.370 e. The normalized spacial score (nSPS) is 11.1. The zero-order valence-electron chi connectivity index (χ0n) is 18.3. The van der Waals surface area contributed by atoms with Crippen molar-refractivity contribution in [3.63, 3.8) is 0 Å². The van der Waals surface area contributed by atoms with Gasteiger partial charge in [0, 0.05) is 55.3 Å². The lowest BCUT2D eigenvalue weighted by molar-refractivity contribution is 0.0951. The van der Waals surface area contributed by atoms with E-state index < -0.39 is 0 Å². The fourth-order valence-corrected chi connectivity index (χ4v) is 3.39. The molecule has 0 radical (unpaired) electrons. The SMILES string of the molecule is CN(C)CCNC(=O)c1ccc(-c2cnn3c(NCCc4ccccn4)ccnc23)cc1. The summed E-state index contributed by atoms with van der Waals surface area (Å²) in [6.07, 6.45) is 6.20. The number of carbonyl (C=O) groups excluding carboxylic acids is 1. The standard InChI is InChI=1S/C24H27N7O/c1-30(2)16-15-28-24(32)19-8-6-18(7-9-19)21-17-29-31-22(11-14-27-23(21)31)26-13-10-20-5-3-4-12-25-20/h3-9,11-12,14,17,26H,10,13,15-16H2,1-2H3,(H,28,32). The van der Waals surface area contributed by atoms with Crippen molar-refractivity contribution >= 4 is 17.4 Å². The molecule has 0 saturated heterocycles. The predicted octanol–water partition coefficient (Wildman–Crippen LogP) is 2.74. The summed E-state index contributed by atoms with van der Waals surface area (Å²) < 4.78 is 1.80. The maximum absolute atomic E-state index is 12.3. The number of nitrogens with zero attached hydrogens (tertiary/aromatic N) is 5. The second-order valence-electron chi connectivity index (χ2n) is 7.76. The van der Waals surface area contributed by atoms with E-state index in [4.69, 9.17) is 0 Å². The molecule has 164 valence electrons. The van der Waals surface area contributed by atoms with Crippen LogP contribution in [-0.2, 0) is 6.42 Å². The number of hydrogen-bond donors (Lipinski definition) is 2. The van der Waals surface area contributed by atoms with E-state index in [-0.39, 0.29) is 5.91 Å². The van der Waals surface area contributed by atoms with E-state index >= 15 is 0 Å². The molecular formula is C24H27N7O. The van der Waals surface area contributed by atoms with Crippen molar-refractivity contribution in [1.82, 2.24) is 29.8 Å². The molecule has 4 aromatic rings. The van der Waals surface area contributed by atoms with Gasteiger partial charge in [-0.05, 0) is 50.0 Å². The number of benzene rings is 1. The highest BCUT2D eigenvalue weighted by Crippen LogP contribution is 2.25. The minimum absolute atomic E-state index is 0.0734. The van der Waals surface area contributed by atoms with Gasteiger partial charge in [0.2, 0.25) is 0 Å². The van der Waals surface area contributed by atoms with Crippen LogP contribution in [0.4, 0.5) is 5.82 Å². The first kappa shape index (κ1) is 21.5. The fourth-order valence-electron chi connectivity index (χ4n) is 3.39. The van der Waals surface area contributed by atoms with Crippen LogP contribution in [0, 0.1) is 0 Å². The van der Waals surface area contributed by atoms with E-state index in [1.807, 2.05) is 67.5 Å². The number of carbonyl (C=O) groups is 1. The molecule has 0 aliphatic carbocycles. The average Bonchev–Trinajstić information content (AvgIpc) is 3.25. The molecule has 0 aliphatic rings. The maximum atomic E-state index is 12.3. The second kappa shape index (κ2) is 10.0. The van der Waals surface area contributed by atoms with Crippen molar-refractivity contribution in [2.45, 2.75) is 6.42 Å². The van der Waals surface area contributed by atoms with Crippen molar-refractivity contribution in [3.8, 4) is 11.1 Å². The van der Waals surface area contributed by atoms with Gasteiger partial charge in [0.05, 0.1) is 6.20 Å². The predicted molar refractivity (Wildman–Crippen MR) is 126 cm³/mol. The lowest BCUT2D eigenvalue weighted by Gasteiger charge is -2.10. The number of amides is 1. The van der Waals surface area contributed by atoms with Crippen LogP contribution in [0.5, 0.6) is 0 Å². The molecule has 0 fully saturated rings. The third-order valence-corrected chi connectivity index (χ3v) is 5.12. The number of hydrogen-bond acceptors (Lipinski definition) is 6. The Hall–Kier alpha value is -3.78. The Morgan fingerprint density at radius 2 is 1.84 bits per heavy atom. The van der Waals surface area contributed by atoms with Crippen LogP contribution in [-0.4, -0.2) is 64.1 Å². The van der Waals surface area contributed by atoms with Crippen LogP contribution < -0.4 is 10.6 Å². The second-order valence-corrected chi connectivity index (χ2v) is 7.76. The number of pyridine rings is 1. The van der Waals surface area contributed by atoms with Crippen LogP contribution >= 0.6 is 0 Å². The first-order valence-electron chi connectivity index (χ1n) is 10.6. The first-order chi connectivity index (χ1) is 15.6. The summed E-state index contributed by atoms with van der Waals surface area (Å²) >= 11 is 0. The molecule has 0 unspecified atom stereocenters. The van der Waals surface area contributed by atoms with Gasteiger partial charge in [0.25, 0.3) is 5.91 Å². The number of fused-ring (bicyclic) bond motifs is 1. The highest BCUT2D eigenvalue weighted by molar-refractivity contribution is 5.95. The summed E-state index contributed by atoms with van der Waals surface area (Å²) in [6.45, 7) is 2.15. The minimum Gasteiger partial charge on any atom is -0.370 e. The molecule has 32 heavy (non-hydrogen) atoms. The Balaban J connectivity index is 1.45. The minimum atomic E-state index is -0.0734. The van der Waals surface area contributed by atoms with Gasteiger partial charge in [0.1, 0.15) is 5.82 Å². The van der Waals surface area contributed by atoms with Crippen molar-refractivity contribution in [1.29, 1.82) is 0 Å². The van der Waals surface area contributed by atoms with Gasteiger partial charge in [-0.15, -0.1) is 0 Å². The van der Waals surface area contributed by atoms with Crippen molar-refractivity contribution in [2.75, 3.05) is 39.0 Å². The molecule has 0 spiro atoms. The van der Waals surface area contributed by atoms with Crippen molar-refractivity contribution < 1.29 is 4.79 Å². The van der Waals surface area contributed by atoms with E-state index in [2.05, 4.69) is 25.7 Å². The molecule has 0 aliphatic heterocycles. The lowest BCUT2D eigenvalue weighted by Crippen LogP contribution is -2.31. The van der Waals surface area contributed by atoms with Gasteiger partial charge in [0.15, 0.2) is 5.65 Å². The third-order valence-electron chi connectivity index (χ3n) is 5.12. The number of likely N-dealkylation sites (N-methyl/N-ethyl adjacent to an activating group) is 1. The molecular weight excluding hydrogens is 402 g/mol. The summed E-state index contributed by atoms with van der Waals surface area (Å²) in [5.74, 6) is 0.796. The van der Waals surface area contributed by atoms with E-state index in [1.165, 1.54) is 0 Å². The number of rotatable bonds is 9. The monoisotopic (exact) mass is 429 g/mol. The Kier molecular flexibility index (Phi) is 6.72. The fraction of sp³-hybridized carbons (Fsp3) is 0.250. The summed E-state index contributed by atoms with van der Waals surface area (Å²) in [5.41, 5.74) is 4.31. The summed E-state index contributed by atoms with van der Waals surface area (Å²) in [7, 11) is 3.96. The van der Waals surface area contributed by atoms with Crippen molar-refractivity contribution in [2.24, 2.45) is 0 Å². The van der Waals surface area contributed by atoms with E-state index in [1.54, 1.807) is 23.1 Å². The Bertz CT molecular complexity index is 1170. The van der Waals surface area contributed by atoms with Crippen LogP contribution in [0.25, 0.3) is 16.8 Å².